The molecule has 6 nitrogen and oxygen atoms in total. The Morgan fingerprint density at radius 3 is 0.931 bits per heavy atom. The van der Waals surface area contributed by atoms with Crippen LogP contribution in [0.2, 0.25) is 0 Å². The molecule has 0 bridgehead atoms. The normalized spacial score (nSPS) is 12.0. The Morgan fingerprint density at radius 1 is 0.328 bits per heavy atom. The zero-order chi connectivity index (χ0) is 42.3. The van der Waals surface area contributed by atoms with Crippen molar-refractivity contribution in [1.29, 1.82) is 0 Å². The monoisotopic (exact) mass is 819 g/mol. The van der Waals surface area contributed by atoms with Gasteiger partial charge in [0.2, 0.25) is 0 Å². The highest BCUT2D eigenvalue weighted by Gasteiger charge is 2.19. The largest absolute Gasteiger partial charge is 0.462 e. The first-order valence-corrected chi connectivity index (χ1v) is 25.7. The smallest absolute Gasteiger partial charge is 0.306 e. The Morgan fingerprint density at radius 2 is 0.603 bits per heavy atom. The third kappa shape index (κ3) is 45.2. The zero-order valence-electron chi connectivity index (χ0n) is 39.1. The molecule has 0 aliphatic heterocycles. The van der Waals surface area contributed by atoms with Gasteiger partial charge in [-0.25, -0.2) is 0 Å². The van der Waals surface area contributed by atoms with Crippen LogP contribution in [0.3, 0.4) is 0 Å². The Kier molecular flexibility index (Phi) is 46.3. The minimum atomic E-state index is -0.765. The Hall–Kier alpha value is -1.85. The molecule has 0 saturated carbocycles. The van der Waals surface area contributed by atoms with Crippen molar-refractivity contribution < 1.29 is 28.6 Å². The third-order valence-corrected chi connectivity index (χ3v) is 11.5. The van der Waals surface area contributed by atoms with Crippen molar-refractivity contribution in [2.45, 2.75) is 290 Å². The zero-order valence-corrected chi connectivity index (χ0v) is 39.1. The van der Waals surface area contributed by atoms with E-state index in [-0.39, 0.29) is 31.1 Å². The second kappa shape index (κ2) is 47.8. The van der Waals surface area contributed by atoms with Crippen molar-refractivity contribution in [1.82, 2.24) is 0 Å². The molecule has 0 aromatic carbocycles. The van der Waals surface area contributed by atoms with Crippen LogP contribution in [-0.4, -0.2) is 37.2 Å². The number of allylic oxidation sites excluding steroid dienone is 2. The highest BCUT2D eigenvalue weighted by atomic mass is 16.6. The summed E-state index contributed by atoms with van der Waals surface area (Å²) >= 11 is 0. The number of hydrogen-bond donors (Lipinski definition) is 0. The Labute approximate surface area is 360 Å². The lowest BCUT2D eigenvalue weighted by Crippen LogP contribution is -2.30. The molecule has 0 aliphatic carbocycles. The van der Waals surface area contributed by atoms with E-state index in [0.29, 0.717) is 19.3 Å². The van der Waals surface area contributed by atoms with Crippen molar-refractivity contribution in [3.8, 4) is 0 Å². The molecule has 0 N–H and O–H groups in total. The number of carbonyl (C=O) groups is 3. The van der Waals surface area contributed by atoms with Gasteiger partial charge in [0.1, 0.15) is 13.2 Å². The van der Waals surface area contributed by atoms with Crippen LogP contribution in [-0.2, 0) is 28.6 Å². The molecule has 1 unspecified atom stereocenters. The van der Waals surface area contributed by atoms with Gasteiger partial charge in [0.15, 0.2) is 6.10 Å². The van der Waals surface area contributed by atoms with Crippen molar-refractivity contribution in [3.63, 3.8) is 0 Å². The maximum absolute atomic E-state index is 12.7. The summed E-state index contributed by atoms with van der Waals surface area (Å²) in [5.74, 6) is -0.871. The van der Waals surface area contributed by atoms with E-state index in [2.05, 4.69) is 32.9 Å². The fourth-order valence-corrected chi connectivity index (χ4v) is 7.62. The summed E-state index contributed by atoms with van der Waals surface area (Å²) < 4.78 is 16.7. The summed E-state index contributed by atoms with van der Waals surface area (Å²) in [6, 6.07) is 0. The molecule has 58 heavy (non-hydrogen) atoms. The summed E-state index contributed by atoms with van der Waals surface area (Å²) in [5, 5.41) is 0. The molecule has 0 saturated heterocycles. The molecule has 342 valence electrons. The van der Waals surface area contributed by atoms with Crippen LogP contribution >= 0.6 is 0 Å². The minimum Gasteiger partial charge on any atom is -0.462 e. The molecule has 0 aromatic heterocycles. The van der Waals surface area contributed by atoms with Gasteiger partial charge >= 0.3 is 17.9 Å². The highest BCUT2D eigenvalue weighted by Crippen LogP contribution is 2.17. The first-order valence-electron chi connectivity index (χ1n) is 25.7. The maximum Gasteiger partial charge on any atom is 0.306 e. The van der Waals surface area contributed by atoms with E-state index in [1.54, 1.807) is 0 Å². The van der Waals surface area contributed by atoms with Gasteiger partial charge in [-0.15, -0.1) is 0 Å². The van der Waals surface area contributed by atoms with Crippen LogP contribution in [0.25, 0.3) is 0 Å². The van der Waals surface area contributed by atoms with Crippen molar-refractivity contribution in [2.24, 2.45) is 0 Å². The number of unbranched alkanes of at least 4 members (excludes halogenated alkanes) is 34. The van der Waals surface area contributed by atoms with Gasteiger partial charge in [0.25, 0.3) is 0 Å². The first-order chi connectivity index (χ1) is 28.5. The van der Waals surface area contributed by atoms with E-state index < -0.39 is 6.10 Å². The van der Waals surface area contributed by atoms with E-state index >= 15 is 0 Å². The molecule has 0 fully saturated rings. The molecule has 0 spiro atoms. The maximum atomic E-state index is 12.7. The van der Waals surface area contributed by atoms with Crippen LogP contribution in [0.5, 0.6) is 0 Å². The average molecular weight is 819 g/mol. The molecule has 0 radical (unpaired) electrons. The summed E-state index contributed by atoms with van der Waals surface area (Å²) in [5.41, 5.74) is 0. The SMILES string of the molecule is CCC/C=C\CCCCCCCC(=O)OC(COC(=O)CCCCCCCCCC)COC(=O)CCCCCCCCCCCCCCCCCCCCCCCC. The van der Waals surface area contributed by atoms with Crippen LogP contribution < -0.4 is 0 Å². The molecule has 1 atom stereocenters. The predicted octanol–water partition coefficient (Wildman–Crippen LogP) is 16.6. The quantitative estimate of drug-likeness (QED) is 0.0263. The molecule has 0 amide bonds. The number of esters is 3. The van der Waals surface area contributed by atoms with Crippen LogP contribution in [0.1, 0.15) is 284 Å². The van der Waals surface area contributed by atoms with Gasteiger partial charge in [-0.1, -0.05) is 238 Å². The molecule has 0 aliphatic rings. The molecular weight excluding hydrogens is 721 g/mol. The van der Waals surface area contributed by atoms with Gasteiger partial charge < -0.3 is 14.2 Å². The van der Waals surface area contributed by atoms with Gasteiger partial charge in [-0.2, -0.15) is 0 Å². The Bertz CT molecular complexity index is 900. The summed E-state index contributed by atoms with van der Waals surface area (Å²) in [6.07, 6.45) is 52.2. The van der Waals surface area contributed by atoms with Gasteiger partial charge in [0.05, 0.1) is 0 Å². The van der Waals surface area contributed by atoms with E-state index in [1.807, 2.05) is 0 Å². The number of carbonyl (C=O) groups excluding carboxylic acids is 3. The number of rotatable bonds is 47. The van der Waals surface area contributed by atoms with E-state index in [0.717, 1.165) is 70.6 Å². The lowest BCUT2D eigenvalue weighted by Gasteiger charge is -2.18. The molecule has 6 heteroatoms. The number of hydrogen-bond acceptors (Lipinski definition) is 6. The lowest BCUT2D eigenvalue weighted by molar-refractivity contribution is -0.167. The van der Waals surface area contributed by atoms with Crippen LogP contribution in [0, 0.1) is 0 Å². The summed E-state index contributed by atoms with van der Waals surface area (Å²) in [7, 11) is 0. The van der Waals surface area contributed by atoms with Gasteiger partial charge in [0, 0.05) is 19.3 Å². The molecular formula is C52H98O6. The average Bonchev–Trinajstić information content (AvgIpc) is 3.22. The van der Waals surface area contributed by atoms with E-state index in [9.17, 15) is 14.4 Å². The molecule has 0 heterocycles. The van der Waals surface area contributed by atoms with Gasteiger partial charge in [-0.3, -0.25) is 14.4 Å². The van der Waals surface area contributed by atoms with Gasteiger partial charge in [-0.05, 0) is 38.5 Å². The van der Waals surface area contributed by atoms with Crippen molar-refractivity contribution in [3.05, 3.63) is 12.2 Å². The molecule has 0 rings (SSSR count). The fourth-order valence-electron chi connectivity index (χ4n) is 7.62. The predicted molar refractivity (Wildman–Crippen MR) is 247 cm³/mol. The van der Waals surface area contributed by atoms with E-state index in [1.165, 1.54) is 173 Å². The number of ether oxygens (including phenoxy) is 3. The lowest BCUT2D eigenvalue weighted by atomic mass is 10.0. The second-order valence-electron chi connectivity index (χ2n) is 17.4. The first kappa shape index (κ1) is 56.1. The van der Waals surface area contributed by atoms with Crippen molar-refractivity contribution in [2.75, 3.05) is 13.2 Å². The summed E-state index contributed by atoms with van der Waals surface area (Å²) in [4.78, 5) is 37.7. The van der Waals surface area contributed by atoms with Crippen molar-refractivity contribution >= 4 is 17.9 Å². The van der Waals surface area contributed by atoms with E-state index in [4.69, 9.17) is 14.2 Å². The minimum absolute atomic E-state index is 0.0690. The summed E-state index contributed by atoms with van der Waals surface area (Å²) in [6.45, 7) is 6.57. The fraction of sp³-hybridized carbons (Fsp3) is 0.904. The van der Waals surface area contributed by atoms with Crippen LogP contribution in [0.4, 0.5) is 0 Å². The Balaban J connectivity index is 4.10. The standard InChI is InChI=1S/C52H98O6/c1-4-7-10-13-16-19-21-22-23-24-25-26-27-28-29-30-31-32-34-36-39-42-45-51(54)57-48-49(47-56-50(53)44-41-38-35-18-15-12-9-6-3)58-52(55)46-43-40-37-33-20-17-14-11-8-5-2/h11,14,49H,4-10,12-13,15-48H2,1-3H3/b14-11-. The third-order valence-electron chi connectivity index (χ3n) is 11.5. The van der Waals surface area contributed by atoms with Crippen LogP contribution in [0.15, 0.2) is 12.2 Å². The topological polar surface area (TPSA) is 78.9 Å². The molecule has 0 aromatic rings. The second-order valence-corrected chi connectivity index (χ2v) is 17.4. The highest BCUT2D eigenvalue weighted by molar-refractivity contribution is 5.71.